The predicted molar refractivity (Wildman–Crippen MR) is 150 cm³/mol. The molecular weight excluding hydrogens is 496 g/mol. The maximum Gasteiger partial charge on any atom is 0.307 e. The molecule has 218 valence electrons. The Bertz CT molecular complexity index is 897. The van der Waals surface area contributed by atoms with Gasteiger partial charge in [0, 0.05) is 44.9 Å². The van der Waals surface area contributed by atoms with Crippen LogP contribution in [0.25, 0.3) is 0 Å². The van der Waals surface area contributed by atoms with Crippen LogP contribution in [0.4, 0.5) is 0 Å². The summed E-state index contributed by atoms with van der Waals surface area (Å²) in [5.74, 6) is 1.32. The summed E-state index contributed by atoms with van der Waals surface area (Å²) in [5.41, 5.74) is 0.874. The number of unbranched alkanes of at least 4 members (excludes halogenated alkanes) is 4. The molecule has 0 bridgehead atoms. The number of esters is 1. The molecule has 1 aromatic rings. The molecule has 0 aliphatic carbocycles. The lowest BCUT2D eigenvalue weighted by Gasteiger charge is -2.32. The van der Waals surface area contributed by atoms with E-state index in [9.17, 15) is 9.59 Å². The number of hydrogen-bond acceptors (Lipinski definition) is 8. The summed E-state index contributed by atoms with van der Waals surface area (Å²) in [6.07, 6.45) is 8.80. The van der Waals surface area contributed by atoms with Gasteiger partial charge in [0.05, 0.1) is 19.6 Å². The summed E-state index contributed by atoms with van der Waals surface area (Å²) in [6, 6.07) is 5.82. The SMILES string of the molecule is CCCCCCCC(=O)C[C@H](CN1CCCC1)[C@H](OC(=O)CCN1CCOCC1)c1ccc2c(c1)OCCO2. The highest BCUT2D eigenvalue weighted by atomic mass is 16.6. The van der Waals surface area contributed by atoms with Gasteiger partial charge < -0.3 is 23.8 Å². The Morgan fingerprint density at radius 1 is 0.872 bits per heavy atom. The van der Waals surface area contributed by atoms with Crippen molar-refractivity contribution in [3.05, 3.63) is 23.8 Å². The first-order valence-corrected chi connectivity index (χ1v) is 15.3. The molecule has 8 nitrogen and oxygen atoms in total. The third-order valence-corrected chi connectivity index (χ3v) is 8.06. The van der Waals surface area contributed by atoms with E-state index in [0.717, 1.165) is 51.1 Å². The molecule has 0 spiro atoms. The number of nitrogens with zero attached hydrogens (tertiary/aromatic N) is 2. The predicted octanol–water partition coefficient (Wildman–Crippen LogP) is 4.80. The number of morpholine rings is 1. The van der Waals surface area contributed by atoms with Gasteiger partial charge in [-0.05, 0) is 50.0 Å². The van der Waals surface area contributed by atoms with Gasteiger partial charge in [0.15, 0.2) is 11.5 Å². The summed E-state index contributed by atoms with van der Waals surface area (Å²) < 4.78 is 23.3. The molecule has 2 atom stereocenters. The zero-order valence-corrected chi connectivity index (χ0v) is 23.9. The molecule has 3 aliphatic rings. The van der Waals surface area contributed by atoms with Gasteiger partial charge in [-0.15, -0.1) is 0 Å². The van der Waals surface area contributed by atoms with Crippen LogP contribution in [0.1, 0.15) is 82.8 Å². The molecule has 0 amide bonds. The van der Waals surface area contributed by atoms with Gasteiger partial charge in [-0.3, -0.25) is 14.5 Å². The van der Waals surface area contributed by atoms with E-state index >= 15 is 0 Å². The Balaban J connectivity index is 1.48. The molecule has 1 aromatic carbocycles. The van der Waals surface area contributed by atoms with Crippen molar-refractivity contribution in [1.82, 2.24) is 9.80 Å². The van der Waals surface area contributed by atoms with Gasteiger partial charge in [0.2, 0.25) is 0 Å². The fourth-order valence-corrected chi connectivity index (χ4v) is 5.83. The van der Waals surface area contributed by atoms with Crippen LogP contribution in [0.15, 0.2) is 18.2 Å². The first-order valence-electron chi connectivity index (χ1n) is 15.3. The van der Waals surface area contributed by atoms with Crippen molar-refractivity contribution in [2.24, 2.45) is 5.92 Å². The van der Waals surface area contributed by atoms with Crippen molar-refractivity contribution >= 4 is 11.8 Å². The molecule has 0 saturated carbocycles. The van der Waals surface area contributed by atoms with Crippen molar-refractivity contribution in [2.75, 3.05) is 65.7 Å². The van der Waals surface area contributed by atoms with E-state index in [-0.39, 0.29) is 17.7 Å². The monoisotopic (exact) mass is 544 g/mol. The Labute approximate surface area is 234 Å². The zero-order valence-electron chi connectivity index (χ0n) is 23.9. The number of carbonyl (C=O) groups is 2. The quantitative estimate of drug-likeness (QED) is 0.217. The Morgan fingerprint density at radius 2 is 1.62 bits per heavy atom. The Hall–Kier alpha value is -2.16. The topological polar surface area (TPSA) is 77.5 Å². The average Bonchev–Trinajstić information content (AvgIpc) is 3.48. The lowest BCUT2D eigenvalue weighted by Crippen LogP contribution is -2.38. The largest absolute Gasteiger partial charge is 0.486 e. The van der Waals surface area contributed by atoms with Crippen molar-refractivity contribution < 1.29 is 28.5 Å². The molecular formula is C31H48N2O6. The molecule has 8 heteroatoms. The highest BCUT2D eigenvalue weighted by molar-refractivity contribution is 5.78. The zero-order chi connectivity index (χ0) is 27.3. The van der Waals surface area contributed by atoms with Crippen molar-refractivity contribution in [2.45, 2.75) is 77.2 Å². The third-order valence-electron chi connectivity index (χ3n) is 8.06. The minimum absolute atomic E-state index is 0.110. The van der Waals surface area contributed by atoms with Crippen LogP contribution >= 0.6 is 0 Å². The van der Waals surface area contributed by atoms with Crippen LogP contribution in [0.2, 0.25) is 0 Å². The van der Waals surface area contributed by atoms with Crippen LogP contribution in [0.3, 0.4) is 0 Å². The highest BCUT2D eigenvalue weighted by Crippen LogP contribution is 2.38. The summed E-state index contributed by atoms with van der Waals surface area (Å²) in [7, 11) is 0. The first kappa shape index (κ1) is 29.8. The number of benzene rings is 1. The van der Waals surface area contributed by atoms with Gasteiger partial charge in [0.1, 0.15) is 25.1 Å². The summed E-state index contributed by atoms with van der Waals surface area (Å²) in [4.78, 5) is 31.1. The maximum absolute atomic E-state index is 13.2. The van der Waals surface area contributed by atoms with Crippen LogP contribution in [-0.4, -0.2) is 87.2 Å². The highest BCUT2D eigenvalue weighted by Gasteiger charge is 2.32. The second-order valence-corrected chi connectivity index (χ2v) is 11.2. The average molecular weight is 545 g/mol. The lowest BCUT2D eigenvalue weighted by molar-refractivity contribution is -0.154. The third kappa shape index (κ3) is 9.76. The number of ketones is 1. The van der Waals surface area contributed by atoms with Crippen molar-refractivity contribution in [3.63, 3.8) is 0 Å². The maximum atomic E-state index is 13.2. The molecule has 0 unspecified atom stereocenters. The minimum atomic E-state index is -0.511. The number of likely N-dealkylation sites (tertiary alicyclic amines) is 1. The van der Waals surface area contributed by atoms with Gasteiger partial charge in [-0.25, -0.2) is 0 Å². The molecule has 0 N–H and O–H groups in total. The van der Waals surface area contributed by atoms with E-state index < -0.39 is 6.10 Å². The lowest BCUT2D eigenvalue weighted by atomic mass is 9.88. The second-order valence-electron chi connectivity index (χ2n) is 11.2. The number of hydrogen-bond donors (Lipinski definition) is 0. The molecule has 39 heavy (non-hydrogen) atoms. The smallest absolute Gasteiger partial charge is 0.307 e. The van der Waals surface area contributed by atoms with Crippen molar-refractivity contribution in [1.29, 1.82) is 0 Å². The Morgan fingerprint density at radius 3 is 2.38 bits per heavy atom. The fraction of sp³-hybridized carbons (Fsp3) is 0.742. The molecule has 3 aliphatic heterocycles. The Kier molecular flexibility index (Phi) is 12.4. The number of Topliss-reactive ketones (excluding diaryl/α,β-unsaturated/α-hetero) is 1. The molecule has 2 fully saturated rings. The van der Waals surface area contributed by atoms with Crippen LogP contribution < -0.4 is 9.47 Å². The molecule has 0 radical (unpaired) electrons. The first-order chi connectivity index (χ1) is 19.1. The summed E-state index contributed by atoms with van der Waals surface area (Å²) >= 11 is 0. The van der Waals surface area contributed by atoms with E-state index in [1.54, 1.807) is 0 Å². The van der Waals surface area contributed by atoms with Gasteiger partial charge in [0.25, 0.3) is 0 Å². The molecule has 2 saturated heterocycles. The van der Waals surface area contributed by atoms with E-state index in [4.69, 9.17) is 18.9 Å². The number of rotatable bonds is 16. The van der Waals surface area contributed by atoms with Gasteiger partial charge in [-0.2, -0.15) is 0 Å². The minimum Gasteiger partial charge on any atom is -0.486 e. The van der Waals surface area contributed by atoms with E-state index in [1.807, 2.05) is 18.2 Å². The van der Waals surface area contributed by atoms with E-state index in [2.05, 4.69) is 16.7 Å². The van der Waals surface area contributed by atoms with Crippen LogP contribution in [0, 0.1) is 5.92 Å². The second kappa shape index (κ2) is 16.2. The number of ether oxygens (including phenoxy) is 4. The summed E-state index contributed by atoms with van der Waals surface area (Å²) in [6.45, 7) is 9.76. The number of fused-ring (bicyclic) bond motifs is 1. The van der Waals surface area contributed by atoms with Gasteiger partial charge in [-0.1, -0.05) is 38.7 Å². The fourth-order valence-electron chi connectivity index (χ4n) is 5.83. The van der Waals surface area contributed by atoms with Crippen LogP contribution in [-0.2, 0) is 19.1 Å². The van der Waals surface area contributed by atoms with Crippen LogP contribution in [0.5, 0.6) is 11.5 Å². The van der Waals surface area contributed by atoms with Crippen molar-refractivity contribution in [3.8, 4) is 11.5 Å². The molecule has 0 aromatic heterocycles. The van der Waals surface area contributed by atoms with E-state index in [0.29, 0.717) is 63.7 Å². The normalized spacial score (nSPS) is 19.5. The standard InChI is InChI=1S/C31H48N2O6/c1-2-3-4-5-6-9-27(34)22-26(24-33-13-7-8-14-33)31(25-10-11-28-29(23-25)38-21-20-37-28)39-30(35)12-15-32-16-18-36-19-17-32/h10-11,23,26,31H,2-9,12-22,24H2,1H3/t26-,31-/m1/s1. The van der Waals surface area contributed by atoms with Gasteiger partial charge >= 0.3 is 5.97 Å². The van der Waals surface area contributed by atoms with E-state index in [1.165, 1.54) is 32.1 Å². The molecule has 4 rings (SSSR count). The molecule has 3 heterocycles. The number of carbonyl (C=O) groups excluding carboxylic acids is 2. The summed E-state index contributed by atoms with van der Waals surface area (Å²) in [5, 5.41) is 0.